The first-order chi connectivity index (χ1) is 8.25. The summed E-state index contributed by atoms with van der Waals surface area (Å²) in [6.07, 6.45) is 7.78. The molecule has 0 saturated heterocycles. The lowest BCUT2D eigenvalue weighted by atomic mass is 9.97. The van der Waals surface area contributed by atoms with Crippen LogP contribution in [0.25, 0.3) is 0 Å². The summed E-state index contributed by atoms with van der Waals surface area (Å²) in [5, 5.41) is 7.94. The molecule has 0 aromatic carbocycles. The molecule has 0 spiro atoms. The van der Waals surface area contributed by atoms with E-state index in [0.29, 0.717) is 6.04 Å². The summed E-state index contributed by atoms with van der Waals surface area (Å²) in [6.45, 7) is 3.44. The Morgan fingerprint density at radius 2 is 2.00 bits per heavy atom. The number of hydrogen-bond acceptors (Lipinski definition) is 2. The molecule has 3 heteroatoms. The molecule has 3 rings (SSSR count). The largest absolute Gasteiger partial charge is 0.309 e. The Bertz CT molecular complexity index is 365. The fourth-order valence-corrected chi connectivity index (χ4v) is 2.99. The minimum Gasteiger partial charge on any atom is -0.309 e. The van der Waals surface area contributed by atoms with Crippen LogP contribution in [-0.2, 0) is 7.05 Å². The average Bonchev–Trinajstić information content (AvgIpc) is 3.20. The summed E-state index contributed by atoms with van der Waals surface area (Å²) in [6, 6.07) is 2.53. The van der Waals surface area contributed by atoms with Crippen molar-refractivity contribution in [2.24, 2.45) is 24.8 Å². The van der Waals surface area contributed by atoms with E-state index >= 15 is 0 Å². The lowest BCUT2D eigenvalue weighted by Gasteiger charge is -2.20. The molecule has 1 unspecified atom stereocenters. The maximum Gasteiger partial charge on any atom is 0.0547 e. The Kier molecular flexibility index (Phi) is 2.95. The first kappa shape index (κ1) is 11.3. The Balaban J connectivity index is 1.54. The molecule has 2 fully saturated rings. The Morgan fingerprint density at radius 1 is 1.35 bits per heavy atom. The van der Waals surface area contributed by atoms with Crippen LogP contribution in [0.2, 0.25) is 0 Å². The second-order valence-electron chi connectivity index (χ2n) is 5.85. The molecule has 0 radical (unpaired) electrons. The van der Waals surface area contributed by atoms with Gasteiger partial charge in [-0.05, 0) is 63.0 Å². The van der Waals surface area contributed by atoms with E-state index in [1.54, 1.807) is 0 Å². The van der Waals surface area contributed by atoms with Gasteiger partial charge in [-0.2, -0.15) is 5.10 Å². The number of hydrogen-bond donors (Lipinski definition) is 1. The predicted molar refractivity (Wildman–Crippen MR) is 68.6 cm³/mol. The van der Waals surface area contributed by atoms with Crippen molar-refractivity contribution >= 4 is 0 Å². The number of nitrogens with one attached hydrogen (secondary N) is 1. The van der Waals surface area contributed by atoms with Gasteiger partial charge in [-0.15, -0.1) is 0 Å². The zero-order chi connectivity index (χ0) is 11.8. The van der Waals surface area contributed by atoms with Crippen LogP contribution in [0, 0.1) is 17.8 Å². The molecule has 1 atom stereocenters. The third-order valence-electron chi connectivity index (χ3n) is 4.42. The van der Waals surface area contributed by atoms with Gasteiger partial charge >= 0.3 is 0 Å². The normalized spacial score (nSPS) is 22.1. The standard InChI is InChI=1S/C14H23N3/c1-10(14-7-8-16-17(14)2)15-9-13(11-3-4-11)12-5-6-12/h7-8,10-13,15H,3-6,9H2,1-2H3. The lowest BCUT2D eigenvalue weighted by molar-refractivity contribution is 0.357. The Morgan fingerprint density at radius 3 is 2.47 bits per heavy atom. The van der Waals surface area contributed by atoms with Crippen LogP contribution in [0.5, 0.6) is 0 Å². The van der Waals surface area contributed by atoms with Gasteiger partial charge in [-0.25, -0.2) is 0 Å². The number of rotatable bonds is 6. The van der Waals surface area contributed by atoms with Gasteiger partial charge in [0.25, 0.3) is 0 Å². The van der Waals surface area contributed by atoms with E-state index in [9.17, 15) is 0 Å². The van der Waals surface area contributed by atoms with Gasteiger partial charge < -0.3 is 5.32 Å². The predicted octanol–water partition coefficient (Wildman–Crippen LogP) is 2.51. The quantitative estimate of drug-likeness (QED) is 0.818. The molecule has 1 heterocycles. The van der Waals surface area contributed by atoms with E-state index in [2.05, 4.69) is 23.4 Å². The molecule has 1 aromatic rings. The van der Waals surface area contributed by atoms with Gasteiger partial charge in [0.05, 0.1) is 5.69 Å². The molecule has 17 heavy (non-hydrogen) atoms. The van der Waals surface area contributed by atoms with E-state index in [0.717, 1.165) is 17.8 Å². The van der Waals surface area contributed by atoms with Crippen molar-refractivity contribution in [3.63, 3.8) is 0 Å². The van der Waals surface area contributed by atoms with E-state index < -0.39 is 0 Å². The topological polar surface area (TPSA) is 29.9 Å². The van der Waals surface area contributed by atoms with Crippen molar-refractivity contribution in [2.75, 3.05) is 6.54 Å². The van der Waals surface area contributed by atoms with Crippen molar-refractivity contribution in [1.82, 2.24) is 15.1 Å². The van der Waals surface area contributed by atoms with Crippen LogP contribution in [0.1, 0.15) is 44.3 Å². The van der Waals surface area contributed by atoms with E-state index in [-0.39, 0.29) is 0 Å². The highest BCUT2D eigenvalue weighted by Crippen LogP contribution is 2.48. The van der Waals surface area contributed by atoms with Crippen LogP contribution in [0.15, 0.2) is 12.3 Å². The average molecular weight is 233 g/mol. The summed E-state index contributed by atoms with van der Waals surface area (Å²) in [4.78, 5) is 0. The number of nitrogens with zero attached hydrogens (tertiary/aromatic N) is 2. The molecular weight excluding hydrogens is 210 g/mol. The zero-order valence-corrected chi connectivity index (χ0v) is 10.9. The van der Waals surface area contributed by atoms with Crippen molar-refractivity contribution in [2.45, 2.75) is 38.6 Å². The molecule has 0 bridgehead atoms. The Labute approximate surface area is 104 Å². The third kappa shape index (κ3) is 2.54. The third-order valence-corrected chi connectivity index (χ3v) is 4.42. The van der Waals surface area contributed by atoms with Gasteiger partial charge in [0.15, 0.2) is 0 Å². The fraction of sp³-hybridized carbons (Fsp3) is 0.786. The molecule has 0 amide bonds. The smallest absolute Gasteiger partial charge is 0.0547 e. The maximum absolute atomic E-state index is 4.24. The number of aromatic nitrogens is 2. The second-order valence-corrected chi connectivity index (χ2v) is 5.85. The minimum absolute atomic E-state index is 0.419. The highest BCUT2D eigenvalue weighted by molar-refractivity contribution is 5.05. The minimum atomic E-state index is 0.419. The molecule has 1 aromatic heterocycles. The molecule has 0 aliphatic heterocycles. The SMILES string of the molecule is CC(NCC(C1CC1)C1CC1)c1ccnn1C. The van der Waals surface area contributed by atoms with Gasteiger partial charge in [0.2, 0.25) is 0 Å². The van der Waals surface area contributed by atoms with Crippen LogP contribution < -0.4 is 5.32 Å². The van der Waals surface area contributed by atoms with Crippen LogP contribution in [-0.4, -0.2) is 16.3 Å². The molecule has 2 aliphatic rings. The van der Waals surface area contributed by atoms with Gasteiger partial charge in [-0.3, -0.25) is 4.68 Å². The van der Waals surface area contributed by atoms with Crippen molar-refractivity contribution in [3.05, 3.63) is 18.0 Å². The summed E-state index contributed by atoms with van der Waals surface area (Å²) in [7, 11) is 2.02. The molecule has 94 valence electrons. The summed E-state index contributed by atoms with van der Waals surface area (Å²) >= 11 is 0. The molecule has 2 aliphatic carbocycles. The lowest BCUT2D eigenvalue weighted by Crippen LogP contribution is -2.29. The second kappa shape index (κ2) is 4.45. The highest BCUT2D eigenvalue weighted by atomic mass is 15.3. The van der Waals surface area contributed by atoms with Gasteiger partial charge in [-0.1, -0.05) is 0 Å². The van der Waals surface area contributed by atoms with E-state index in [1.165, 1.54) is 37.9 Å². The van der Waals surface area contributed by atoms with Gasteiger partial charge in [0.1, 0.15) is 0 Å². The van der Waals surface area contributed by atoms with Crippen LogP contribution in [0.4, 0.5) is 0 Å². The summed E-state index contributed by atoms with van der Waals surface area (Å²) in [5.41, 5.74) is 1.29. The summed E-state index contributed by atoms with van der Waals surface area (Å²) < 4.78 is 1.97. The van der Waals surface area contributed by atoms with Crippen LogP contribution >= 0.6 is 0 Å². The molecular formula is C14H23N3. The summed E-state index contributed by atoms with van der Waals surface area (Å²) in [5.74, 6) is 3.02. The van der Waals surface area contributed by atoms with E-state index in [1.807, 2.05) is 17.9 Å². The Hall–Kier alpha value is -0.830. The first-order valence-corrected chi connectivity index (χ1v) is 6.97. The van der Waals surface area contributed by atoms with Crippen molar-refractivity contribution in [1.29, 1.82) is 0 Å². The molecule has 2 saturated carbocycles. The van der Waals surface area contributed by atoms with Crippen molar-refractivity contribution in [3.8, 4) is 0 Å². The van der Waals surface area contributed by atoms with E-state index in [4.69, 9.17) is 0 Å². The zero-order valence-electron chi connectivity index (χ0n) is 10.9. The maximum atomic E-state index is 4.24. The first-order valence-electron chi connectivity index (χ1n) is 6.97. The number of aryl methyl sites for hydroxylation is 1. The molecule has 1 N–H and O–H groups in total. The van der Waals surface area contributed by atoms with Crippen molar-refractivity contribution < 1.29 is 0 Å². The van der Waals surface area contributed by atoms with Crippen LogP contribution in [0.3, 0.4) is 0 Å². The van der Waals surface area contributed by atoms with Gasteiger partial charge in [0, 0.05) is 19.3 Å². The highest BCUT2D eigenvalue weighted by Gasteiger charge is 2.41. The fourth-order valence-electron chi connectivity index (χ4n) is 2.99. The monoisotopic (exact) mass is 233 g/mol. The molecule has 3 nitrogen and oxygen atoms in total.